The predicted molar refractivity (Wildman–Crippen MR) is 203 cm³/mol. The van der Waals surface area contributed by atoms with Gasteiger partial charge in [-0.05, 0) is 70.4 Å². The summed E-state index contributed by atoms with van der Waals surface area (Å²) in [6.45, 7) is 2.27. The van der Waals surface area contributed by atoms with Crippen molar-refractivity contribution in [3.05, 3.63) is 151 Å². The number of rotatable bonds is 2. The zero-order valence-electron chi connectivity index (χ0n) is 25.7. The molecule has 0 atom stereocenters. The van der Waals surface area contributed by atoms with E-state index < -0.39 is 0 Å². The fourth-order valence-electron chi connectivity index (χ4n) is 8.52. The molecule has 9 aromatic rings. The molecule has 7 aromatic carbocycles. The topological polar surface area (TPSA) is 8.17 Å². The van der Waals surface area contributed by atoms with E-state index in [9.17, 15) is 0 Å². The molecule has 0 N–H and O–H groups in total. The van der Waals surface area contributed by atoms with Crippen molar-refractivity contribution in [1.29, 1.82) is 0 Å². The molecular formula is C43H27BN2S. The van der Waals surface area contributed by atoms with Crippen molar-refractivity contribution in [2.24, 2.45) is 0 Å². The summed E-state index contributed by atoms with van der Waals surface area (Å²) in [5.41, 5.74) is 15.5. The Labute approximate surface area is 276 Å². The number of benzene rings is 7. The smallest absolute Gasteiger partial charge is 0.333 e. The lowest BCUT2D eigenvalue weighted by molar-refractivity contribution is 1.18. The molecule has 11 rings (SSSR count). The average molecular weight is 615 g/mol. The Morgan fingerprint density at radius 2 is 1.32 bits per heavy atom. The highest BCUT2D eigenvalue weighted by molar-refractivity contribution is 7.26. The summed E-state index contributed by atoms with van der Waals surface area (Å²) in [4.78, 5) is 2.69. The molecule has 0 radical (unpaired) electrons. The highest BCUT2D eigenvalue weighted by Crippen LogP contribution is 2.51. The van der Waals surface area contributed by atoms with E-state index in [-0.39, 0.29) is 6.85 Å². The molecule has 0 saturated heterocycles. The van der Waals surface area contributed by atoms with Crippen LogP contribution < -0.4 is 15.7 Å². The number of anilines is 2. The number of aromatic nitrogens is 1. The van der Waals surface area contributed by atoms with E-state index in [0.29, 0.717) is 0 Å². The summed E-state index contributed by atoms with van der Waals surface area (Å²) in [6.07, 6.45) is 0. The van der Waals surface area contributed by atoms with Crippen LogP contribution >= 0.6 is 11.3 Å². The summed E-state index contributed by atoms with van der Waals surface area (Å²) in [5.74, 6) is 0. The minimum absolute atomic E-state index is 0.00903. The lowest BCUT2D eigenvalue weighted by atomic mass is 9.43. The predicted octanol–water partition coefficient (Wildman–Crippen LogP) is 10.4. The van der Waals surface area contributed by atoms with Gasteiger partial charge in [0.05, 0.1) is 21.4 Å². The van der Waals surface area contributed by atoms with E-state index in [1.807, 2.05) is 11.3 Å². The highest BCUT2D eigenvalue weighted by atomic mass is 32.1. The van der Waals surface area contributed by atoms with Crippen molar-refractivity contribution in [3.8, 4) is 27.9 Å². The summed E-state index contributed by atoms with van der Waals surface area (Å²) in [7, 11) is 0. The Kier molecular flexibility index (Phi) is 5.04. The Balaban J connectivity index is 1.37. The van der Waals surface area contributed by atoms with Gasteiger partial charge in [0, 0.05) is 43.2 Å². The molecule has 0 fully saturated rings. The molecule has 0 saturated carbocycles. The normalized spacial score (nSPS) is 13.1. The maximum absolute atomic E-state index is 2.69. The van der Waals surface area contributed by atoms with Gasteiger partial charge in [-0.1, -0.05) is 115 Å². The number of aryl methyl sites for hydroxylation is 1. The Hall–Kier alpha value is -5.58. The molecule has 0 amide bonds. The van der Waals surface area contributed by atoms with Crippen molar-refractivity contribution >= 4 is 82.5 Å². The number of thiophene rings is 1. The summed E-state index contributed by atoms with van der Waals surface area (Å²) in [5, 5.41) is 5.27. The van der Waals surface area contributed by atoms with Crippen LogP contribution in [0.2, 0.25) is 0 Å². The van der Waals surface area contributed by atoms with Crippen LogP contribution in [0.5, 0.6) is 0 Å². The molecule has 2 nitrogen and oxygen atoms in total. The molecule has 4 heterocycles. The number of hydrogen-bond acceptors (Lipinski definition) is 2. The third kappa shape index (κ3) is 3.30. The minimum Gasteiger partial charge on any atom is -0.375 e. The Morgan fingerprint density at radius 3 is 2.21 bits per heavy atom. The monoisotopic (exact) mass is 614 g/mol. The number of para-hydroxylation sites is 3. The SMILES string of the molecule is Cc1ccccc1N1B2c3c(cc(-c4ccccc4)cc3-n3c4ccccc4c4cccc2c43)-c2ccc3c(sc4ccccc43)c21. The van der Waals surface area contributed by atoms with E-state index in [1.165, 1.54) is 97.8 Å². The van der Waals surface area contributed by atoms with Gasteiger partial charge in [-0.15, -0.1) is 11.3 Å². The van der Waals surface area contributed by atoms with Crippen LogP contribution in [-0.2, 0) is 0 Å². The summed E-state index contributed by atoms with van der Waals surface area (Å²) >= 11 is 1.93. The lowest BCUT2D eigenvalue weighted by Gasteiger charge is -2.43. The molecule has 0 unspecified atom stereocenters. The molecule has 0 aliphatic carbocycles. The molecule has 47 heavy (non-hydrogen) atoms. The molecule has 4 heteroatoms. The van der Waals surface area contributed by atoms with Gasteiger partial charge in [0.15, 0.2) is 0 Å². The summed E-state index contributed by atoms with van der Waals surface area (Å²) in [6, 6.07) is 54.3. The first-order valence-corrected chi connectivity index (χ1v) is 17.1. The minimum atomic E-state index is 0.00903. The number of hydrogen-bond donors (Lipinski definition) is 0. The largest absolute Gasteiger partial charge is 0.375 e. The van der Waals surface area contributed by atoms with E-state index in [2.05, 4.69) is 162 Å². The molecular weight excluding hydrogens is 587 g/mol. The van der Waals surface area contributed by atoms with Crippen LogP contribution in [0.15, 0.2) is 146 Å². The third-order valence-corrected chi connectivity index (χ3v) is 11.7. The number of nitrogens with zero attached hydrogens (tertiary/aromatic N) is 2. The molecule has 2 aliphatic heterocycles. The van der Waals surface area contributed by atoms with E-state index in [1.54, 1.807) is 0 Å². The van der Waals surface area contributed by atoms with Crippen LogP contribution in [0.4, 0.5) is 11.4 Å². The van der Waals surface area contributed by atoms with Gasteiger partial charge in [-0.2, -0.15) is 0 Å². The maximum atomic E-state index is 2.69. The zero-order valence-corrected chi connectivity index (χ0v) is 26.6. The standard InChI is InChI=1S/C43H27BN2S/c1-26-12-5-8-19-36(26)46-42-32(22-23-33-30-16-7-10-21-39(30)47-43(33)42)34-24-28(27-13-3-2-4-14-27)25-38-40(34)44(46)35-18-11-17-31-29-15-6-9-20-37(29)45(38)41(31)35/h2-25H,1H3. The van der Waals surface area contributed by atoms with Crippen molar-refractivity contribution in [2.75, 3.05) is 4.81 Å². The van der Waals surface area contributed by atoms with Gasteiger partial charge in [-0.25, -0.2) is 0 Å². The van der Waals surface area contributed by atoms with Gasteiger partial charge in [0.1, 0.15) is 0 Å². The first-order chi connectivity index (χ1) is 23.3. The second kappa shape index (κ2) is 9.25. The van der Waals surface area contributed by atoms with Crippen LogP contribution in [0.3, 0.4) is 0 Å². The highest BCUT2D eigenvalue weighted by Gasteiger charge is 2.45. The maximum Gasteiger partial charge on any atom is 0.333 e. The molecule has 0 bridgehead atoms. The van der Waals surface area contributed by atoms with Gasteiger partial charge in [-0.3, -0.25) is 0 Å². The van der Waals surface area contributed by atoms with Crippen molar-refractivity contribution in [3.63, 3.8) is 0 Å². The lowest BCUT2D eigenvalue weighted by Crippen LogP contribution is -2.60. The van der Waals surface area contributed by atoms with Crippen LogP contribution in [0, 0.1) is 6.92 Å². The van der Waals surface area contributed by atoms with Crippen LogP contribution in [-0.4, -0.2) is 11.4 Å². The molecule has 2 aliphatic rings. The third-order valence-electron chi connectivity index (χ3n) is 10.5. The van der Waals surface area contributed by atoms with Crippen molar-refractivity contribution < 1.29 is 0 Å². The fourth-order valence-corrected chi connectivity index (χ4v) is 9.77. The van der Waals surface area contributed by atoms with Gasteiger partial charge < -0.3 is 9.38 Å². The molecule has 0 spiro atoms. The van der Waals surface area contributed by atoms with Crippen LogP contribution in [0.25, 0.3) is 69.9 Å². The first-order valence-electron chi connectivity index (χ1n) is 16.3. The Morgan fingerprint density at radius 1 is 0.553 bits per heavy atom. The average Bonchev–Trinajstić information content (AvgIpc) is 3.68. The second-order valence-electron chi connectivity index (χ2n) is 12.9. The van der Waals surface area contributed by atoms with E-state index >= 15 is 0 Å². The quantitative estimate of drug-likeness (QED) is 0.176. The first kappa shape index (κ1) is 25.6. The summed E-state index contributed by atoms with van der Waals surface area (Å²) < 4.78 is 5.24. The van der Waals surface area contributed by atoms with E-state index in [0.717, 1.165) is 0 Å². The van der Waals surface area contributed by atoms with Gasteiger partial charge in [0.2, 0.25) is 0 Å². The Bertz CT molecular complexity index is 2770. The van der Waals surface area contributed by atoms with Crippen molar-refractivity contribution in [2.45, 2.75) is 6.92 Å². The second-order valence-corrected chi connectivity index (χ2v) is 14.0. The fraction of sp³-hybridized carbons (Fsp3) is 0.0233. The molecule has 218 valence electrons. The van der Waals surface area contributed by atoms with Gasteiger partial charge in [0.25, 0.3) is 0 Å². The number of fused-ring (bicyclic) bond motifs is 11. The van der Waals surface area contributed by atoms with Crippen molar-refractivity contribution in [1.82, 2.24) is 4.57 Å². The molecule has 2 aromatic heterocycles. The van der Waals surface area contributed by atoms with E-state index in [4.69, 9.17) is 0 Å². The van der Waals surface area contributed by atoms with Gasteiger partial charge >= 0.3 is 6.85 Å². The zero-order chi connectivity index (χ0) is 30.8. The van der Waals surface area contributed by atoms with Crippen LogP contribution in [0.1, 0.15) is 5.56 Å².